The summed E-state index contributed by atoms with van der Waals surface area (Å²) in [5.74, 6) is -0.360. The first-order valence-electron chi connectivity index (χ1n) is 8.52. The van der Waals surface area contributed by atoms with E-state index in [1.165, 1.54) is 12.1 Å². The van der Waals surface area contributed by atoms with Crippen LogP contribution in [-0.2, 0) is 0 Å². The third kappa shape index (κ3) is 3.51. The molecular weight excluding hydrogens is 310 g/mol. The summed E-state index contributed by atoms with van der Waals surface area (Å²) in [5.41, 5.74) is 0.105. The minimum atomic E-state index is -0.843. The molecule has 1 aliphatic carbocycles. The third-order valence-corrected chi connectivity index (χ3v) is 4.99. The average molecular weight is 333 g/mol. The van der Waals surface area contributed by atoms with Crippen LogP contribution in [0.4, 0.5) is 11.4 Å². The van der Waals surface area contributed by atoms with Crippen molar-refractivity contribution in [2.45, 2.75) is 44.1 Å². The summed E-state index contributed by atoms with van der Waals surface area (Å²) in [6, 6.07) is 4.43. The van der Waals surface area contributed by atoms with Crippen molar-refractivity contribution < 1.29 is 14.8 Å². The summed E-state index contributed by atoms with van der Waals surface area (Å²) in [6.45, 7) is 1.89. The molecule has 24 heavy (non-hydrogen) atoms. The van der Waals surface area contributed by atoms with Crippen LogP contribution in [0.25, 0.3) is 0 Å². The number of hydrogen-bond acceptors (Lipinski definition) is 5. The van der Waals surface area contributed by atoms with Crippen molar-refractivity contribution in [1.82, 2.24) is 5.32 Å². The van der Waals surface area contributed by atoms with Gasteiger partial charge >= 0.3 is 0 Å². The number of nitrogens with zero attached hydrogens (tertiary/aromatic N) is 2. The van der Waals surface area contributed by atoms with Crippen LogP contribution in [0.1, 0.15) is 48.9 Å². The van der Waals surface area contributed by atoms with Gasteiger partial charge in [-0.25, -0.2) is 0 Å². The van der Waals surface area contributed by atoms with Crippen molar-refractivity contribution in [2.75, 3.05) is 24.5 Å². The predicted octanol–water partition coefficient (Wildman–Crippen LogP) is 2.23. The van der Waals surface area contributed by atoms with E-state index >= 15 is 0 Å². The van der Waals surface area contributed by atoms with E-state index in [2.05, 4.69) is 10.2 Å². The van der Waals surface area contributed by atoms with E-state index in [-0.39, 0.29) is 18.1 Å². The average Bonchev–Trinajstić information content (AvgIpc) is 3.24. The van der Waals surface area contributed by atoms with Crippen LogP contribution in [0.15, 0.2) is 18.2 Å². The van der Waals surface area contributed by atoms with Gasteiger partial charge in [0.15, 0.2) is 0 Å². The topological polar surface area (TPSA) is 95.7 Å². The van der Waals surface area contributed by atoms with Gasteiger partial charge in [0.05, 0.1) is 21.8 Å². The van der Waals surface area contributed by atoms with Gasteiger partial charge in [0.1, 0.15) is 0 Å². The number of non-ortho nitro benzene ring substituents is 1. The molecule has 1 aromatic rings. The number of anilines is 1. The molecule has 7 heteroatoms. The maximum absolute atomic E-state index is 12.6. The minimum Gasteiger partial charge on any atom is -0.388 e. The molecule has 7 nitrogen and oxygen atoms in total. The van der Waals surface area contributed by atoms with Crippen LogP contribution in [0, 0.1) is 10.1 Å². The molecule has 1 heterocycles. The molecule has 1 saturated heterocycles. The highest BCUT2D eigenvalue weighted by Crippen LogP contribution is 2.30. The number of carbonyl (C=O) groups excluding carboxylic acids is 1. The van der Waals surface area contributed by atoms with Crippen LogP contribution in [-0.4, -0.2) is 41.2 Å². The summed E-state index contributed by atoms with van der Waals surface area (Å²) in [5, 5.41) is 24.2. The molecule has 0 atom stereocenters. The fraction of sp³-hybridized carbons (Fsp3) is 0.588. The van der Waals surface area contributed by atoms with Crippen molar-refractivity contribution in [3.8, 4) is 0 Å². The zero-order valence-corrected chi connectivity index (χ0v) is 13.7. The summed E-state index contributed by atoms with van der Waals surface area (Å²) < 4.78 is 0. The van der Waals surface area contributed by atoms with Crippen LogP contribution >= 0.6 is 0 Å². The number of amides is 1. The molecular formula is C17H23N3O4. The fourth-order valence-corrected chi connectivity index (χ4v) is 3.60. The van der Waals surface area contributed by atoms with Crippen LogP contribution in [0.5, 0.6) is 0 Å². The van der Waals surface area contributed by atoms with Crippen molar-refractivity contribution in [3.05, 3.63) is 33.9 Å². The predicted molar refractivity (Wildman–Crippen MR) is 90.3 cm³/mol. The molecule has 0 radical (unpaired) electrons. The van der Waals surface area contributed by atoms with Gasteiger partial charge in [-0.2, -0.15) is 0 Å². The molecule has 2 aliphatic rings. The second-order valence-electron chi connectivity index (χ2n) is 6.77. The van der Waals surface area contributed by atoms with Gasteiger partial charge in [-0.15, -0.1) is 0 Å². The Kier molecular flexibility index (Phi) is 4.71. The Morgan fingerprint density at radius 3 is 2.54 bits per heavy atom. The number of nitro groups is 1. The van der Waals surface area contributed by atoms with E-state index < -0.39 is 10.5 Å². The molecule has 2 N–H and O–H groups in total. The van der Waals surface area contributed by atoms with Crippen molar-refractivity contribution in [3.63, 3.8) is 0 Å². The molecule has 0 aromatic heterocycles. The lowest BCUT2D eigenvalue weighted by Gasteiger charge is -2.24. The zero-order chi connectivity index (χ0) is 17.2. The summed E-state index contributed by atoms with van der Waals surface area (Å²) in [7, 11) is 0. The molecule has 130 valence electrons. The zero-order valence-electron chi connectivity index (χ0n) is 13.7. The number of hydrogen-bond donors (Lipinski definition) is 2. The second kappa shape index (κ2) is 6.76. The van der Waals surface area contributed by atoms with E-state index in [0.717, 1.165) is 44.5 Å². The summed E-state index contributed by atoms with van der Waals surface area (Å²) in [6.07, 6.45) is 5.39. The van der Waals surface area contributed by atoms with Gasteiger partial charge < -0.3 is 15.3 Å². The smallest absolute Gasteiger partial charge is 0.270 e. The maximum Gasteiger partial charge on any atom is 0.270 e. The number of rotatable bonds is 5. The fourth-order valence-electron chi connectivity index (χ4n) is 3.60. The number of nitrogens with one attached hydrogen (secondary N) is 1. The minimum absolute atomic E-state index is 0.0947. The molecule has 0 bridgehead atoms. The van der Waals surface area contributed by atoms with E-state index in [1.807, 2.05) is 0 Å². The molecule has 1 saturated carbocycles. The Morgan fingerprint density at radius 2 is 1.92 bits per heavy atom. The highest BCUT2D eigenvalue weighted by atomic mass is 16.6. The Balaban J connectivity index is 1.81. The molecule has 0 spiro atoms. The lowest BCUT2D eigenvalue weighted by Crippen LogP contribution is -2.41. The molecule has 1 aliphatic heterocycles. The van der Waals surface area contributed by atoms with Crippen LogP contribution < -0.4 is 10.2 Å². The molecule has 1 aromatic carbocycles. The molecule has 1 amide bonds. The first kappa shape index (κ1) is 16.7. The van der Waals surface area contributed by atoms with E-state index in [9.17, 15) is 20.0 Å². The number of carbonyl (C=O) groups is 1. The Morgan fingerprint density at radius 1 is 1.25 bits per heavy atom. The largest absolute Gasteiger partial charge is 0.388 e. The third-order valence-electron chi connectivity index (χ3n) is 4.99. The first-order chi connectivity index (χ1) is 11.5. The number of benzene rings is 1. The van der Waals surface area contributed by atoms with Gasteiger partial charge in [0.25, 0.3) is 11.6 Å². The van der Waals surface area contributed by atoms with Gasteiger partial charge in [0, 0.05) is 31.8 Å². The standard InChI is InChI=1S/C17H23N3O4/c21-16(18-12-17(22)7-1-2-8-17)14-11-13(20(23)24)5-6-15(14)19-9-3-4-10-19/h5-6,11,22H,1-4,7-10,12H2,(H,18,21). The van der Waals surface area contributed by atoms with E-state index in [4.69, 9.17) is 0 Å². The van der Waals surface area contributed by atoms with Gasteiger partial charge in [-0.05, 0) is 31.7 Å². The molecule has 2 fully saturated rings. The first-order valence-corrected chi connectivity index (χ1v) is 8.52. The summed E-state index contributed by atoms with van der Waals surface area (Å²) in [4.78, 5) is 25.3. The highest BCUT2D eigenvalue weighted by Gasteiger charge is 2.32. The van der Waals surface area contributed by atoms with Gasteiger partial charge in [-0.1, -0.05) is 12.8 Å². The number of aliphatic hydroxyl groups is 1. The monoisotopic (exact) mass is 333 g/mol. The van der Waals surface area contributed by atoms with Gasteiger partial charge in [0.2, 0.25) is 0 Å². The Bertz CT molecular complexity index is 635. The maximum atomic E-state index is 12.6. The summed E-state index contributed by atoms with van der Waals surface area (Å²) >= 11 is 0. The Labute approximate surface area is 140 Å². The SMILES string of the molecule is O=C(NCC1(O)CCCC1)c1cc([N+](=O)[O-])ccc1N1CCCC1. The lowest BCUT2D eigenvalue weighted by molar-refractivity contribution is -0.384. The van der Waals surface area contributed by atoms with E-state index in [0.29, 0.717) is 18.4 Å². The molecule has 3 rings (SSSR count). The van der Waals surface area contributed by atoms with Crippen LogP contribution in [0.3, 0.4) is 0 Å². The van der Waals surface area contributed by atoms with Crippen molar-refractivity contribution in [2.24, 2.45) is 0 Å². The molecule has 0 unspecified atom stereocenters. The quantitative estimate of drug-likeness (QED) is 0.636. The number of nitro benzene ring substituents is 1. The van der Waals surface area contributed by atoms with Crippen LogP contribution in [0.2, 0.25) is 0 Å². The normalized spacial score (nSPS) is 19.5. The Hall–Kier alpha value is -2.15. The highest BCUT2D eigenvalue weighted by molar-refractivity contribution is 6.00. The lowest BCUT2D eigenvalue weighted by atomic mass is 10.0. The second-order valence-corrected chi connectivity index (χ2v) is 6.77. The van der Waals surface area contributed by atoms with Crippen molar-refractivity contribution >= 4 is 17.3 Å². The van der Waals surface area contributed by atoms with Gasteiger partial charge in [-0.3, -0.25) is 14.9 Å². The van der Waals surface area contributed by atoms with E-state index in [1.54, 1.807) is 6.07 Å². The van der Waals surface area contributed by atoms with Crippen molar-refractivity contribution in [1.29, 1.82) is 0 Å².